The molecule has 0 aliphatic carbocycles. The Morgan fingerprint density at radius 1 is 1.38 bits per heavy atom. The Morgan fingerprint density at radius 3 is 2.75 bits per heavy atom. The van der Waals surface area contributed by atoms with Crippen molar-refractivity contribution in [3.8, 4) is 0 Å². The van der Waals surface area contributed by atoms with Gasteiger partial charge < -0.3 is 4.31 Å². The molecule has 2 aliphatic rings. The fourth-order valence-electron chi connectivity index (χ4n) is 2.46. The molecule has 1 N–H and O–H groups in total. The first-order chi connectivity index (χ1) is 7.61. The number of nitrogens with zero attached hydrogens (tertiary/aromatic N) is 1. The zero-order chi connectivity index (χ0) is 11.7. The van der Waals surface area contributed by atoms with Crippen LogP contribution in [0.5, 0.6) is 0 Å². The molecule has 2 heterocycles. The molecule has 0 spiro atoms. The first kappa shape index (κ1) is 12.1. The minimum atomic E-state index is 0.637. The third-order valence-electron chi connectivity index (χ3n) is 3.37. The Balaban J connectivity index is 2.47. The summed E-state index contributed by atoms with van der Waals surface area (Å²) in [5.74, 6) is 0.637. The number of nitrogens with one attached hydrogen (secondary N) is 1. The average molecular weight is 238 g/mol. The number of fused-ring (bicyclic) bond motifs is 1. The summed E-state index contributed by atoms with van der Waals surface area (Å²) >= 11 is 1.78. The second-order valence-electron chi connectivity index (χ2n) is 5.13. The minimum Gasteiger partial charge on any atom is -0.303 e. The summed E-state index contributed by atoms with van der Waals surface area (Å²) in [5, 5.41) is 0. The van der Waals surface area contributed by atoms with Gasteiger partial charge in [-0.3, -0.25) is 0 Å². The largest absolute Gasteiger partial charge is 0.303 e. The van der Waals surface area contributed by atoms with Crippen molar-refractivity contribution >= 4 is 12.1 Å². The van der Waals surface area contributed by atoms with Crippen molar-refractivity contribution in [2.45, 2.75) is 40.5 Å². The van der Waals surface area contributed by atoms with E-state index in [-0.39, 0.29) is 0 Å². The van der Waals surface area contributed by atoms with Gasteiger partial charge in [0.25, 0.3) is 0 Å². The molecule has 2 rings (SSSR count). The lowest BCUT2D eigenvalue weighted by atomic mass is 9.90. The molecule has 3 heteroatoms. The molecule has 0 atom stereocenters. The Bertz CT molecular complexity index is 338. The summed E-state index contributed by atoms with van der Waals surface area (Å²) in [5.41, 5.74) is 6.18. The average Bonchev–Trinajstić information content (AvgIpc) is 2.27. The summed E-state index contributed by atoms with van der Waals surface area (Å²) < 4.78 is 5.89. The van der Waals surface area contributed by atoms with Crippen molar-refractivity contribution in [3.63, 3.8) is 0 Å². The summed E-state index contributed by atoms with van der Waals surface area (Å²) in [6, 6.07) is 0. The predicted molar refractivity (Wildman–Crippen MR) is 71.8 cm³/mol. The van der Waals surface area contributed by atoms with Gasteiger partial charge in [0.1, 0.15) is 0 Å². The molecule has 0 unspecified atom stereocenters. The van der Waals surface area contributed by atoms with Gasteiger partial charge >= 0.3 is 0 Å². The standard InChI is InChI=1S/C13H22N2S/c1-9(2)11-6-5-7-15-13(11)12(10(3)4)8-14-16-15/h10,14H,5-8H2,1-4H3. The second kappa shape index (κ2) is 4.84. The van der Waals surface area contributed by atoms with E-state index in [4.69, 9.17) is 0 Å². The van der Waals surface area contributed by atoms with E-state index in [9.17, 15) is 0 Å². The molecule has 0 aromatic carbocycles. The van der Waals surface area contributed by atoms with Crippen LogP contribution in [-0.2, 0) is 0 Å². The van der Waals surface area contributed by atoms with Crippen molar-refractivity contribution in [1.29, 1.82) is 0 Å². The zero-order valence-corrected chi connectivity index (χ0v) is 11.6. The lowest BCUT2D eigenvalue weighted by Gasteiger charge is -2.39. The lowest BCUT2D eigenvalue weighted by molar-refractivity contribution is 0.475. The first-order valence-electron chi connectivity index (χ1n) is 6.18. The maximum atomic E-state index is 3.44. The highest BCUT2D eigenvalue weighted by molar-refractivity contribution is 7.95. The van der Waals surface area contributed by atoms with Gasteiger partial charge in [0.15, 0.2) is 0 Å². The highest BCUT2D eigenvalue weighted by atomic mass is 32.2. The van der Waals surface area contributed by atoms with E-state index < -0.39 is 0 Å². The van der Waals surface area contributed by atoms with Gasteiger partial charge in [0.2, 0.25) is 0 Å². The molecule has 90 valence electrons. The summed E-state index contributed by atoms with van der Waals surface area (Å²) in [4.78, 5) is 0. The van der Waals surface area contributed by atoms with Crippen LogP contribution in [0.4, 0.5) is 0 Å². The minimum absolute atomic E-state index is 0.637. The van der Waals surface area contributed by atoms with E-state index in [0.29, 0.717) is 5.92 Å². The number of allylic oxidation sites excluding steroid dienone is 2. The number of hydrogen-bond donors (Lipinski definition) is 1. The maximum absolute atomic E-state index is 3.44. The fourth-order valence-corrected chi connectivity index (χ4v) is 3.38. The van der Waals surface area contributed by atoms with Gasteiger partial charge in [-0.2, -0.15) is 0 Å². The van der Waals surface area contributed by atoms with Gasteiger partial charge in [-0.05, 0) is 43.8 Å². The summed E-state index contributed by atoms with van der Waals surface area (Å²) in [6.45, 7) is 11.3. The van der Waals surface area contributed by atoms with E-state index >= 15 is 0 Å². The number of piperidine rings is 1. The molecule has 1 fully saturated rings. The van der Waals surface area contributed by atoms with Crippen LogP contribution in [0.3, 0.4) is 0 Å². The molecule has 1 saturated heterocycles. The zero-order valence-electron chi connectivity index (χ0n) is 10.8. The van der Waals surface area contributed by atoms with Crippen molar-refractivity contribution in [3.05, 3.63) is 22.4 Å². The van der Waals surface area contributed by atoms with E-state index in [1.807, 2.05) is 0 Å². The van der Waals surface area contributed by atoms with Gasteiger partial charge in [-0.15, -0.1) is 0 Å². The molecule has 0 amide bonds. The monoisotopic (exact) mass is 238 g/mol. The summed E-state index contributed by atoms with van der Waals surface area (Å²) in [6.07, 6.45) is 2.54. The fraction of sp³-hybridized carbons (Fsp3) is 0.692. The molecule has 0 aromatic heterocycles. The van der Waals surface area contributed by atoms with Crippen LogP contribution in [0.15, 0.2) is 22.4 Å². The highest BCUT2D eigenvalue weighted by Gasteiger charge is 2.28. The Hall–Kier alpha value is -0.410. The van der Waals surface area contributed by atoms with Crippen LogP contribution in [0, 0.1) is 5.92 Å². The molecule has 0 aromatic rings. The van der Waals surface area contributed by atoms with Crippen LogP contribution in [-0.4, -0.2) is 17.4 Å². The second-order valence-corrected chi connectivity index (χ2v) is 6.04. The van der Waals surface area contributed by atoms with E-state index in [1.54, 1.807) is 23.3 Å². The molecule has 0 saturated carbocycles. The molecular weight excluding hydrogens is 216 g/mol. The summed E-state index contributed by atoms with van der Waals surface area (Å²) in [7, 11) is 0. The maximum Gasteiger partial charge on any atom is 0.0521 e. The SMILES string of the molecule is CC(C)=C1CCCN2SNCC(C(C)C)=C12. The van der Waals surface area contributed by atoms with Crippen molar-refractivity contribution < 1.29 is 0 Å². The third kappa shape index (κ3) is 2.16. The molecular formula is C13H22N2S. The highest BCUT2D eigenvalue weighted by Crippen LogP contribution is 2.38. The molecule has 0 bridgehead atoms. The number of rotatable bonds is 1. The van der Waals surface area contributed by atoms with E-state index in [1.165, 1.54) is 30.7 Å². The Labute approximate surface area is 103 Å². The van der Waals surface area contributed by atoms with Crippen molar-refractivity contribution in [1.82, 2.24) is 9.03 Å². The van der Waals surface area contributed by atoms with Crippen molar-refractivity contribution in [2.24, 2.45) is 5.92 Å². The molecule has 2 nitrogen and oxygen atoms in total. The van der Waals surface area contributed by atoms with Crippen LogP contribution in [0.1, 0.15) is 40.5 Å². The van der Waals surface area contributed by atoms with Gasteiger partial charge in [0.05, 0.1) is 5.70 Å². The molecule has 0 radical (unpaired) electrons. The quantitative estimate of drug-likeness (QED) is 0.704. The van der Waals surface area contributed by atoms with Gasteiger partial charge in [-0.25, -0.2) is 4.72 Å². The van der Waals surface area contributed by atoms with E-state index in [2.05, 4.69) is 36.7 Å². The smallest absolute Gasteiger partial charge is 0.0521 e. The predicted octanol–water partition coefficient (Wildman–Crippen LogP) is 3.50. The van der Waals surface area contributed by atoms with Crippen molar-refractivity contribution in [2.75, 3.05) is 13.1 Å². The molecule has 2 aliphatic heterocycles. The van der Waals surface area contributed by atoms with Gasteiger partial charge in [0, 0.05) is 25.2 Å². The van der Waals surface area contributed by atoms with Crippen LogP contribution in [0.2, 0.25) is 0 Å². The van der Waals surface area contributed by atoms with E-state index in [0.717, 1.165) is 6.54 Å². The molecule has 16 heavy (non-hydrogen) atoms. The Morgan fingerprint density at radius 2 is 2.12 bits per heavy atom. The number of hydrogen-bond acceptors (Lipinski definition) is 3. The first-order valence-corrected chi connectivity index (χ1v) is 6.95. The normalized spacial score (nSPS) is 21.6. The van der Waals surface area contributed by atoms with Crippen LogP contribution in [0.25, 0.3) is 0 Å². The topological polar surface area (TPSA) is 15.3 Å². The third-order valence-corrected chi connectivity index (χ3v) is 4.22. The van der Waals surface area contributed by atoms with Crippen LogP contribution < -0.4 is 4.72 Å². The van der Waals surface area contributed by atoms with Gasteiger partial charge in [-0.1, -0.05) is 19.4 Å². The van der Waals surface area contributed by atoms with Crippen LogP contribution >= 0.6 is 12.1 Å². The Kier molecular flexibility index (Phi) is 3.65. The lowest BCUT2D eigenvalue weighted by Crippen LogP contribution is -2.35.